The summed E-state index contributed by atoms with van der Waals surface area (Å²) >= 11 is 0. The Balaban J connectivity index is 1.46. The van der Waals surface area contributed by atoms with Crippen LogP contribution in [0.3, 0.4) is 0 Å². The highest BCUT2D eigenvalue weighted by molar-refractivity contribution is 5.94. The molecule has 0 aromatic heterocycles. The number of fused-ring (bicyclic) bond motifs is 2. The van der Waals surface area contributed by atoms with Crippen LogP contribution in [-0.4, -0.2) is 81.1 Å². The van der Waals surface area contributed by atoms with Crippen molar-refractivity contribution in [2.75, 3.05) is 20.1 Å². The minimum Gasteiger partial charge on any atom is -0.481 e. The topological polar surface area (TPSA) is 114 Å². The lowest BCUT2D eigenvalue weighted by Gasteiger charge is -2.54. The molecule has 2 aliphatic heterocycles. The van der Waals surface area contributed by atoms with E-state index in [1.165, 1.54) is 14.9 Å². The van der Waals surface area contributed by atoms with Gasteiger partial charge >= 0.3 is 12.0 Å². The third kappa shape index (κ3) is 4.90. The minimum absolute atomic E-state index is 0.0486. The van der Waals surface area contributed by atoms with Gasteiger partial charge in [0, 0.05) is 20.1 Å². The SMILES string of the molecule is CN1CC(=O)N2C(CC(=O)O)C(=O)N(Cc3cccc4ccccc34)CC2N1C(=O)NCc1ccccc1. The van der Waals surface area contributed by atoms with E-state index in [0.29, 0.717) is 0 Å². The summed E-state index contributed by atoms with van der Waals surface area (Å²) in [6.07, 6.45) is -1.40. The number of carbonyl (C=O) groups is 4. The van der Waals surface area contributed by atoms with Crippen LogP contribution in [-0.2, 0) is 27.5 Å². The van der Waals surface area contributed by atoms with Gasteiger partial charge in [0.1, 0.15) is 12.2 Å². The van der Waals surface area contributed by atoms with Gasteiger partial charge in [0.2, 0.25) is 11.8 Å². The summed E-state index contributed by atoms with van der Waals surface area (Å²) in [4.78, 5) is 54.7. The Morgan fingerprint density at radius 1 is 0.974 bits per heavy atom. The molecular formula is C28H29N5O5. The average molecular weight is 516 g/mol. The van der Waals surface area contributed by atoms with Crippen molar-refractivity contribution >= 4 is 34.6 Å². The molecule has 2 atom stereocenters. The van der Waals surface area contributed by atoms with Crippen LogP contribution in [0.4, 0.5) is 4.79 Å². The van der Waals surface area contributed by atoms with Gasteiger partial charge in [0.05, 0.1) is 19.5 Å². The highest BCUT2D eigenvalue weighted by Gasteiger charge is 2.51. The van der Waals surface area contributed by atoms with Gasteiger partial charge < -0.3 is 20.2 Å². The molecule has 2 aliphatic rings. The van der Waals surface area contributed by atoms with Crippen LogP contribution in [0.5, 0.6) is 0 Å². The molecule has 0 aliphatic carbocycles. The van der Waals surface area contributed by atoms with E-state index < -0.39 is 42.4 Å². The van der Waals surface area contributed by atoms with Crippen molar-refractivity contribution < 1.29 is 24.3 Å². The van der Waals surface area contributed by atoms with E-state index in [1.807, 2.05) is 72.8 Å². The summed E-state index contributed by atoms with van der Waals surface area (Å²) < 4.78 is 0. The number of aliphatic carboxylic acids is 1. The fourth-order valence-electron chi connectivity index (χ4n) is 5.30. The smallest absolute Gasteiger partial charge is 0.334 e. The molecule has 0 bridgehead atoms. The van der Waals surface area contributed by atoms with Crippen molar-refractivity contribution in [2.45, 2.75) is 31.7 Å². The number of amides is 4. The second-order valence-corrected chi connectivity index (χ2v) is 9.56. The molecule has 5 rings (SSSR count). The van der Waals surface area contributed by atoms with Gasteiger partial charge in [-0.1, -0.05) is 72.8 Å². The van der Waals surface area contributed by atoms with Crippen LogP contribution >= 0.6 is 0 Å². The number of hydrazine groups is 1. The van der Waals surface area contributed by atoms with Crippen molar-refractivity contribution in [1.29, 1.82) is 0 Å². The maximum Gasteiger partial charge on any atom is 0.334 e. The second kappa shape index (κ2) is 10.5. The molecular weight excluding hydrogens is 486 g/mol. The van der Waals surface area contributed by atoms with Gasteiger partial charge in [-0.05, 0) is 21.9 Å². The molecule has 10 nitrogen and oxygen atoms in total. The molecule has 196 valence electrons. The number of rotatable bonds is 6. The Labute approximate surface area is 220 Å². The fourth-order valence-corrected chi connectivity index (χ4v) is 5.30. The number of nitrogens with zero attached hydrogens (tertiary/aromatic N) is 4. The van der Waals surface area contributed by atoms with Crippen LogP contribution < -0.4 is 5.32 Å². The molecule has 2 saturated heterocycles. The lowest BCUT2D eigenvalue weighted by atomic mass is 10.0. The van der Waals surface area contributed by atoms with E-state index in [-0.39, 0.29) is 26.2 Å². The van der Waals surface area contributed by atoms with Crippen LogP contribution in [0.15, 0.2) is 72.8 Å². The quantitative estimate of drug-likeness (QED) is 0.521. The van der Waals surface area contributed by atoms with E-state index in [4.69, 9.17) is 0 Å². The van der Waals surface area contributed by atoms with E-state index in [2.05, 4.69) is 5.32 Å². The number of benzene rings is 3. The summed E-state index contributed by atoms with van der Waals surface area (Å²) in [6.45, 7) is 0.398. The number of hydrogen-bond acceptors (Lipinski definition) is 5. The first-order valence-electron chi connectivity index (χ1n) is 12.4. The first-order valence-corrected chi connectivity index (χ1v) is 12.4. The van der Waals surface area contributed by atoms with Gasteiger partial charge in [0.25, 0.3) is 0 Å². The van der Waals surface area contributed by atoms with Gasteiger partial charge in [0.15, 0.2) is 0 Å². The Kier molecular flexibility index (Phi) is 6.97. The number of likely N-dealkylation sites (N-methyl/N-ethyl adjacent to an activating group) is 1. The van der Waals surface area contributed by atoms with E-state index in [9.17, 15) is 24.3 Å². The van der Waals surface area contributed by atoms with Gasteiger partial charge in [-0.2, -0.15) is 0 Å². The largest absolute Gasteiger partial charge is 0.481 e. The predicted molar refractivity (Wildman–Crippen MR) is 139 cm³/mol. The lowest BCUT2D eigenvalue weighted by molar-refractivity contribution is -0.189. The van der Waals surface area contributed by atoms with Crippen molar-refractivity contribution in [2.24, 2.45) is 0 Å². The maximum absolute atomic E-state index is 13.6. The van der Waals surface area contributed by atoms with Crippen molar-refractivity contribution in [3.8, 4) is 0 Å². The Hall–Kier alpha value is -4.44. The molecule has 0 saturated carbocycles. The minimum atomic E-state index is -1.22. The monoisotopic (exact) mass is 515 g/mol. The van der Waals surface area contributed by atoms with Crippen molar-refractivity contribution in [3.63, 3.8) is 0 Å². The first-order chi connectivity index (χ1) is 18.3. The summed E-state index contributed by atoms with van der Waals surface area (Å²) in [7, 11) is 1.63. The highest BCUT2D eigenvalue weighted by atomic mass is 16.4. The van der Waals surface area contributed by atoms with Gasteiger partial charge in [-0.3, -0.25) is 14.4 Å². The summed E-state index contributed by atoms with van der Waals surface area (Å²) in [6, 6.07) is 21.4. The molecule has 2 fully saturated rings. The normalized spacial score (nSPS) is 20.0. The Morgan fingerprint density at radius 3 is 2.45 bits per heavy atom. The van der Waals surface area contributed by atoms with Crippen molar-refractivity contribution in [3.05, 3.63) is 83.9 Å². The number of carboxylic acid groups (broad SMARTS) is 1. The Morgan fingerprint density at radius 2 is 1.68 bits per heavy atom. The van der Waals surface area contributed by atoms with Crippen LogP contribution in [0.1, 0.15) is 17.5 Å². The molecule has 0 spiro atoms. The van der Waals surface area contributed by atoms with Gasteiger partial charge in [-0.15, -0.1) is 0 Å². The lowest BCUT2D eigenvalue weighted by Crippen LogP contribution is -2.76. The molecule has 0 radical (unpaired) electrons. The van der Waals surface area contributed by atoms with Crippen molar-refractivity contribution in [1.82, 2.24) is 25.1 Å². The molecule has 4 amide bonds. The van der Waals surface area contributed by atoms with E-state index in [1.54, 1.807) is 11.9 Å². The number of carboxylic acids is 1. The molecule has 2 N–H and O–H groups in total. The van der Waals surface area contributed by atoms with Crippen LogP contribution in [0.25, 0.3) is 10.8 Å². The summed E-state index contributed by atoms with van der Waals surface area (Å²) in [5.74, 6) is -2.03. The first kappa shape index (κ1) is 25.2. The molecule has 3 aromatic carbocycles. The highest BCUT2D eigenvalue weighted by Crippen LogP contribution is 2.29. The van der Waals surface area contributed by atoms with E-state index in [0.717, 1.165) is 21.9 Å². The third-order valence-corrected chi connectivity index (χ3v) is 7.04. The zero-order valence-corrected chi connectivity index (χ0v) is 21.0. The zero-order valence-electron chi connectivity index (χ0n) is 21.0. The van der Waals surface area contributed by atoms with E-state index >= 15 is 0 Å². The number of piperazine rings is 1. The van der Waals surface area contributed by atoms with Gasteiger partial charge in [-0.25, -0.2) is 14.8 Å². The number of nitrogens with one attached hydrogen (secondary N) is 1. The predicted octanol–water partition coefficient (Wildman–Crippen LogP) is 2.25. The molecule has 2 heterocycles. The summed E-state index contributed by atoms with van der Waals surface area (Å²) in [5.41, 5.74) is 1.81. The number of urea groups is 1. The third-order valence-electron chi connectivity index (χ3n) is 7.04. The number of hydrogen-bond donors (Lipinski definition) is 2. The average Bonchev–Trinajstić information content (AvgIpc) is 2.90. The maximum atomic E-state index is 13.6. The zero-order chi connectivity index (χ0) is 26.8. The second-order valence-electron chi connectivity index (χ2n) is 9.56. The fraction of sp³-hybridized carbons (Fsp3) is 0.286. The molecule has 2 unspecified atom stereocenters. The molecule has 38 heavy (non-hydrogen) atoms. The Bertz CT molecular complexity index is 1380. The van der Waals surface area contributed by atoms with Crippen LogP contribution in [0.2, 0.25) is 0 Å². The standard InChI is InChI=1S/C28H29N5O5/c1-30-18-25(34)32-23(14-26(35)36)27(37)31(16-21-12-7-11-20-10-5-6-13-22(20)21)17-24(32)33(30)28(38)29-15-19-8-3-2-4-9-19/h2-13,23-24H,14-18H2,1H3,(H,29,38)(H,35,36). The summed E-state index contributed by atoms with van der Waals surface area (Å²) in [5, 5.41) is 17.4. The molecule has 10 heteroatoms. The molecule has 3 aromatic rings. The number of carbonyl (C=O) groups excluding carboxylic acids is 3. The van der Waals surface area contributed by atoms with Crippen LogP contribution in [0, 0.1) is 0 Å².